The summed E-state index contributed by atoms with van der Waals surface area (Å²) in [4.78, 5) is 15.1. The molecular weight excluding hydrogens is 629 g/mol. The van der Waals surface area contributed by atoms with Gasteiger partial charge in [0.05, 0.1) is 23.2 Å². The van der Waals surface area contributed by atoms with E-state index in [9.17, 15) is 23.1 Å². The lowest BCUT2D eigenvalue weighted by Crippen LogP contribution is -2.31. The van der Waals surface area contributed by atoms with Crippen LogP contribution in [0.2, 0.25) is 0 Å². The third-order valence-electron chi connectivity index (χ3n) is 7.20. The SMILES string of the molecule is Cc1cccc(C)c1-n1c(-c2ccc(C(=O)O)cc2)cs/c1=N\N=Cc1ccc(-c2n[n+](-c3ccc(OC(F)(F)F)cc3)c[nH]2)cc1. The third-order valence-corrected chi connectivity index (χ3v) is 8.02. The number of para-hydroxylation sites is 1. The van der Waals surface area contributed by atoms with E-state index in [1.165, 1.54) is 40.3 Å². The molecule has 2 heterocycles. The molecule has 0 radical (unpaired) electrons. The minimum atomic E-state index is -4.76. The van der Waals surface area contributed by atoms with E-state index in [1.807, 2.05) is 66.3 Å². The van der Waals surface area contributed by atoms with Gasteiger partial charge in [-0.15, -0.1) is 34.3 Å². The number of hydrogen-bond donors (Lipinski definition) is 2. The van der Waals surface area contributed by atoms with Gasteiger partial charge in [-0.3, -0.25) is 4.57 Å². The van der Waals surface area contributed by atoms with Gasteiger partial charge < -0.3 is 9.84 Å². The van der Waals surface area contributed by atoms with Crippen LogP contribution in [0.25, 0.3) is 34.0 Å². The van der Waals surface area contributed by atoms with Gasteiger partial charge in [0.1, 0.15) is 5.75 Å². The maximum absolute atomic E-state index is 12.5. The van der Waals surface area contributed by atoms with Gasteiger partial charge in [0.15, 0.2) is 5.69 Å². The van der Waals surface area contributed by atoms with E-state index in [1.54, 1.807) is 36.8 Å². The Kier molecular flexibility index (Phi) is 8.55. The van der Waals surface area contributed by atoms with Crippen LogP contribution in [0.15, 0.2) is 113 Å². The molecule has 47 heavy (non-hydrogen) atoms. The van der Waals surface area contributed by atoms with Crippen molar-refractivity contribution in [2.75, 3.05) is 0 Å². The second-order valence-corrected chi connectivity index (χ2v) is 11.3. The summed E-state index contributed by atoms with van der Waals surface area (Å²) in [5.74, 6) is -0.734. The molecule has 6 aromatic rings. The smallest absolute Gasteiger partial charge is 0.478 e. The van der Waals surface area contributed by atoms with Gasteiger partial charge >= 0.3 is 12.3 Å². The number of hydrogen-bond acceptors (Lipinski definition) is 6. The molecular formula is C34H26F3N6O3S+. The number of aromatic carboxylic acids is 1. The number of aromatic nitrogens is 4. The second kappa shape index (κ2) is 12.9. The van der Waals surface area contributed by atoms with Crippen LogP contribution in [-0.2, 0) is 0 Å². The summed E-state index contributed by atoms with van der Waals surface area (Å²) in [5.41, 5.74) is 7.16. The number of benzene rings is 4. The van der Waals surface area contributed by atoms with Crippen molar-refractivity contribution in [3.05, 3.63) is 130 Å². The molecule has 0 aliphatic heterocycles. The quantitative estimate of drug-likeness (QED) is 0.104. The van der Waals surface area contributed by atoms with Crippen molar-refractivity contribution >= 4 is 23.5 Å². The fraction of sp³-hybridized carbons (Fsp3) is 0.0882. The molecule has 0 saturated carbocycles. The van der Waals surface area contributed by atoms with Crippen LogP contribution in [0, 0.1) is 13.8 Å². The Bertz CT molecular complexity index is 2130. The number of aryl methyl sites for hydroxylation is 2. The Morgan fingerprint density at radius 1 is 0.957 bits per heavy atom. The molecule has 0 atom stereocenters. The lowest BCUT2D eigenvalue weighted by Gasteiger charge is -2.14. The summed E-state index contributed by atoms with van der Waals surface area (Å²) in [7, 11) is 0. The number of thiazole rings is 1. The number of nitrogens with one attached hydrogen (secondary N) is 1. The van der Waals surface area contributed by atoms with Crippen LogP contribution < -0.4 is 14.2 Å². The number of ether oxygens (including phenoxy) is 1. The summed E-state index contributed by atoms with van der Waals surface area (Å²) in [6.45, 7) is 4.06. The van der Waals surface area contributed by atoms with Crippen LogP contribution in [0.5, 0.6) is 5.75 Å². The molecule has 0 aliphatic rings. The minimum absolute atomic E-state index is 0.211. The predicted molar refractivity (Wildman–Crippen MR) is 171 cm³/mol. The maximum atomic E-state index is 12.5. The van der Waals surface area contributed by atoms with Crippen LogP contribution >= 0.6 is 11.3 Å². The van der Waals surface area contributed by atoms with Gasteiger partial charge in [-0.05, 0) is 89.7 Å². The first kappa shape index (κ1) is 31.2. The second-order valence-electron chi connectivity index (χ2n) is 10.4. The van der Waals surface area contributed by atoms with Crippen LogP contribution in [0.1, 0.15) is 27.0 Å². The van der Waals surface area contributed by atoms with Gasteiger partial charge in [-0.2, -0.15) is 5.10 Å². The van der Waals surface area contributed by atoms with Crippen molar-refractivity contribution in [1.29, 1.82) is 0 Å². The number of halogens is 3. The van der Waals surface area contributed by atoms with E-state index in [0.29, 0.717) is 16.3 Å². The number of H-pyrrole nitrogens is 1. The van der Waals surface area contributed by atoms with E-state index in [-0.39, 0.29) is 11.3 Å². The molecule has 9 nitrogen and oxygen atoms in total. The van der Waals surface area contributed by atoms with E-state index < -0.39 is 12.3 Å². The molecule has 0 aliphatic carbocycles. The van der Waals surface area contributed by atoms with Crippen molar-refractivity contribution in [1.82, 2.24) is 14.6 Å². The molecule has 0 amide bonds. The van der Waals surface area contributed by atoms with Crippen LogP contribution in [0.3, 0.4) is 0 Å². The van der Waals surface area contributed by atoms with Crippen molar-refractivity contribution in [3.8, 4) is 39.8 Å². The highest BCUT2D eigenvalue weighted by molar-refractivity contribution is 7.07. The lowest BCUT2D eigenvalue weighted by molar-refractivity contribution is -0.656. The Balaban J connectivity index is 1.24. The summed E-state index contributed by atoms with van der Waals surface area (Å²) in [6.07, 6.45) is -1.51. The zero-order valence-electron chi connectivity index (χ0n) is 24.9. The molecule has 4 aromatic carbocycles. The maximum Gasteiger partial charge on any atom is 0.573 e. The number of aromatic amines is 1. The lowest BCUT2D eigenvalue weighted by atomic mass is 10.1. The van der Waals surface area contributed by atoms with Crippen LogP contribution in [0.4, 0.5) is 13.2 Å². The monoisotopic (exact) mass is 655 g/mol. The molecule has 2 aromatic heterocycles. The van der Waals surface area contributed by atoms with Crippen LogP contribution in [-0.4, -0.2) is 38.3 Å². The molecule has 0 spiro atoms. The predicted octanol–water partition coefficient (Wildman–Crippen LogP) is 7.02. The fourth-order valence-electron chi connectivity index (χ4n) is 4.97. The molecule has 13 heteroatoms. The summed E-state index contributed by atoms with van der Waals surface area (Å²) >= 11 is 1.43. The minimum Gasteiger partial charge on any atom is -0.478 e. The molecule has 0 unspecified atom stereocenters. The fourth-order valence-corrected chi connectivity index (χ4v) is 5.82. The van der Waals surface area contributed by atoms with Gasteiger partial charge in [0.2, 0.25) is 4.80 Å². The zero-order chi connectivity index (χ0) is 33.1. The standard InChI is InChI=1S/C34H25F3N6O3S/c1-21-4-3-5-22(2)30(21)43-29(24-10-12-26(13-11-24)32(44)45)19-47-33(43)40-39-18-23-6-8-25(9-7-23)31-38-20-42(41-31)27-14-16-28(17-15-27)46-34(35,36)37/h3-20H,1-2H3,(H,44,45)/p+1/b39-18?,40-33-. The van der Waals surface area contributed by atoms with Gasteiger partial charge in [-0.1, -0.05) is 42.5 Å². The van der Waals surface area contributed by atoms with E-state index in [2.05, 4.69) is 25.0 Å². The highest BCUT2D eigenvalue weighted by Crippen LogP contribution is 2.28. The van der Waals surface area contributed by atoms with Crippen molar-refractivity contribution in [2.45, 2.75) is 20.2 Å². The Morgan fingerprint density at radius 2 is 1.62 bits per heavy atom. The van der Waals surface area contributed by atoms with Crippen molar-refractivity contribution < 1.29 is 32.5 Å². The number of rotatable bonds is 8. The van der Waals surface area contributed by atoms with Gasteiger partial charge in [0, 0.05) is 10.9 Å². The largest absolute Gasteiger partial charge is 0.573 e. The number of carboxylic acid groups (broad SMARTS) is 1. The summed E-state index contributed by atoms with van der Waals surface area (Å²) in [6, 6.07) is 25.7. The molecule has 2 N–H and O–H groups in total. The average Bonchev–Trinajstić information content (AvgIpc) is 3.69. The van der Waals surface area contributed by atoms with E-state index in [0.717, 1.165) is 39.2 Å². The van der Waals surface area contributed by atoms with Crippen molar-refractivity contribution in [3.63, 3.8) is 0 Å². The first-order valence-electron chi connectivity index (χ1n) is 14.2. The number of alkyl halides is 3. The Hall–Kier alpha value is -5.82. The third kappa shape index (κ3) is 7.05. The first-order chi connectivity index (χ1) is 22.6. The zero-order valence-corrected chi connectivity index (χ0v) is 25.8. The molecule has 0 bridgehead atoms. The van der Waals surface area contributed by atoms with Gasteiger partial charge in [-0.25, -0.2) is 9.78 Å². The highest BCUT2D eigenvalue weighted by atomic mass is 32.1. The molecule has 0 saturated heterocycles. The van der Waals surface area contributed by atoms with E-state index in [4.69, 9.17) is 0 Å². The van der Waals surface area contributed by atoms with Crippen molar-refractivity contribution in [2.24, 2.45) is 10.2 Å². The summed E-state index contributed by atoms with van der Waals surface area (Å²) < 4.78 is 44.8. The molecule has 0 fully saturated rings. The number of nitrogens with zero attached hydrogens (tertiary/aromatic N) is 5. The normalized spacial score (nSPS) is 12.1. The van der Waals surface area contributed by atoms with E-state index >= 15 is 0 Å². The average molecular weight is 656 g/mol. The Labute approximate surface area is 270 Å². The molecule has 236 valence electrons. The molecule has 6 rings (SSSR count). The van der Waals surface area contributed by atoms with Gasteiger partial charge in [0.25, 0.3) is 12.2 Å². The first-order valence-corrected chi connectivity index (χ1v) is 15.1. The summed E-state index contributed by atoms with van der Waals surface area (Å²) in [5, 5.41) is 24.7. The number of carboxylic acids is 1. The number of carbonyl (C=O) groups is 1. The topological polar surface area (TPSA) is 109 Å². The highest BCUT2D eigenvalue weighted by Gasteiger charge is 2.31. The Morgan fingerprint density at radius 3 is 2.26 bits per heavy atom.